The zero-order valence-corrected chi connectivity index (χ0v) is 36.1. The Morgan fingerprint density at radius 3 is 1.75 bits per heavy atom. The number of benzene rings is 3. The Morgan fingerprint density at radius 1 is 0.705 bits per heavy atom. The second kappa shape index (κ2) is 17.2. The first-order valence-electron chi connectivity index (χ1n) is 21.6. The first kappa shape index (κ1) is 41.7. The molecular formula is C48H56N6O7. The van der Waals surface area contributed by atoms with Crippen molar-refractivity contribution in [3.63, 3.8) is 0 Å². The summed E-state index contributed by atoms with van der Waals surface area (Å²) in [6, 6.07) is 15.6. The highest BCUT2D eigenvalue weighted by molar-refractivity contribution is 6.05. The first-order chi connectivity index (χ1) is 29.4. The van der Waals surface area contributed by atoms with Gasteiger partial charge in [-0.15, -0.1) is 0 Å². The Kier molecular flexibility index (Phi) is 11.8. The zero-order valence-electron chi connectivity index (χ0n) is 36.1. The Labute approximate surface area is 357 Å². The topological polar surface area (TPSA) is 151 Å². The highest BCUT2D eigenvalue weighted by Gasteiger charge is 2.40. The van der Waals surface area contributed by atoms with Crippen LogP contribution >= 0.6 is 0 Å². The number of alkyl carbamates (subject to hydrolysis) is 2. The minimum Gasteiger partial charge on any atom is -0.456 e. The molecule has 61 heavy (non-hydrogen) atoms. The lowest BCUT2D eigenvalue weighted by molar-refractivity contribution is -0.134. The summed E-state index contributed by atoms with van der Waals surface area (Å²) in [6.45, 7) is 11.2. The van der Waals surface area contributed by atoms with E-state index in [1.165, 1.54) is 14.2 Å². The summed E-state index contributed by atoms with van der Waals surface area (Å²) in [6.07, 6.45) is 7.37. The van der Waals surface area contributed by atoms with Crippen molar-refractivity contribution in [1.29, 1.82) is 0 Å². The van der Waals surface area contributed by atoms with Crippen LogP contribution in [0.4, 0.5) is 9.59 Å². The van der Waals surface area contributed by atoms with E-state index in [1.54, 1.807) is 0 Å². The van der Waals surface area contributed by atoms with E-state index in [9.17, 15) is 19.2 Å². The largest absolute Gasteiger partial charge is 0.456 e. The normalized spacial score (nSPS) is 21.6. The van der Waals surface area contributed by atoms with E-state index in [2.05, 4.69) is 66.1 Å². The molecule has 3 aromatic rings. The molecule has 5 aliphatic rings. The predicted molar refractivity (Wildman–Crippen MR) is 236 cm³/mol. The van der Waals surface area contributed by atoms with Gasteiger partial charge in [-0.25, -0.2) is 9.59 Å². The molecule has 2 N–H and O–H groups in total. The van der Waals surface area contributed by atoms with Crippen LogP contribution in [0.5, 0.6) is 11.5 Å². The molecule has 8 rings (SSSR count). The van der Waals surface area contributed by atoms with Crippen molar-refractivity contribution < 1.29 is 33.4 Å². The van der Waals surface area contributed by atoms with Crippen LogP contribution in [0.25, 0.3) is 21.9 Å². The summed E-state index contributed by atoms with van der Waals surface area (Å²) in [5, 5.41) is 7.58. The number of carbonyl (C=O) groups is 4. The van der Waals surface area contributed by atoms with Gasteiger partial charge in [-0.2, -0.15) is 0 Å². The lowest BCUT2D eigenvalue weighted by atomic mass is 9.85. The third-order valence-corrected chi connectivity index (χ3v) is 13.0. The number of rotatable bonds is 10. The van der Waals surface area contributed by atoms with Gasteiger partial charge >= 0.3 is 12.2 Å². The number of nitrogens with zero attached hydrogens (tertiary/aromatic N) is 4. The van der Waals surface area contributed by atoms with E-state index in [-0.39, 0.29) is 41.7 Å². The van der Waals surface area contributed by atoms with E-state index in [0.29, 0.717) is 25.9 Å². The van der Waals surface area contributed by atoms with E-state index < -0.39 is 24.3 Å². The number of fused-ring (bicyclic) bond motifs is 4. The van der Waals surface area contributed by atoms with Gasteiger partial charge in [0.05, 0.1) is 26.3 Å². The number of hydrogen-bond acceptors (Lipinski definition) is 9. The molecule has 0 bridgehead atoms. The molecule has 1 unspecified atom stereocenters. The quantitative estimate of drug-likeness (QED) is 0.209. The number of hydrogen-bond donors (Lipinski definition) is 2. The molecule has 4 amide bonds. The zero-order chi connectivity index (χ0) is 43.1. The van der Waals surface area contributed by atoms with Crippen LogP contribution in [-0.2, 0) is 19.1 Å². The molecule has 0 aliphatic carbocycles. The minimum atomic E-state index is -0.671. The third kappa shape index (κ3) is 8.02. The summed E-state index contributed by atoms with van der Waals surface area (Å²) in [4.78, 5) is 64.9. The molecule has 5 atom stereocenters. The van der Waals surface area contributed by atoms with Gasteiger partial charge in [0.25, 0.3) is 0 Å². The summed E-state index contributed by atoms with van der Waals surface area (Å²) >= 11 is 0. The summed E-state index contributed by atoms with van der Waals surface area (Å²) in [7, 11) is 2.61. The molecule has 5 heterocycles. The van der Waals surface area contributed by atoms with Crippen LogP contribution in [0, 0.1) is 11.8 Å². The molecule has 0 spiro atoms. The van der Waals surface area contributed by atoms with Crippen molar-refractivity contribution >= 4 is 57.3 Å². The number of aliphatic imine (C=N–C) groups is 2. The van der Waals surface area contributed by atoms with Crippen LogP contribution in [-0.4, -0.2) is 96.7 Å². The van der Waals surface area contributed by atoms with Crippen molar-refractivity contribution in [2.45, 2.75) is 103 Å². The minimum absolute atomic E-state index is 0.0899. The molecular weight excluding hydrogens is 773 g/mol. The van der Waals surface area contributed by atoms with E-state index in [1.807, 2.05) is 49.9 Å². The van der Waals surface area contributed by atoms with Gasteiger partial charge in [0, 0.05) is 72.2 Å². The number of likely N-dealkylation sites (tertiary alicyclic amines) is 2. The molecule has 0 aromatic heterocycles. The fourth-order valence-corrected chi connectivity index (χ4v) is 9.60. The van der Waals surface area contributed by atoms with Gasteiger partial charge in [-0.1, -0.05) is 65.0 Å². The molecule has 320 valence electrons. The van der Waals surface area contributed by atoms with Crippen LogP contribution in [0.15, 0.2) is 70.9 Å². The van der Waals surface area contributed by atoms with Crippen LogP contribution in [0.1, 0.15) is 101 Å². The average molecular weight is 829 g/mol. The van der Waals surface area contributed by atoms with E-state index >= 15 is 0 Å². The van der Waals surface area contributed by atoms with E-state index in [4.69, 9.17) is 24.2 Å². The molecule has 2 saturated heterocycles. The lowest BCUT2D eigenvalue weighted by Gasteiger charge is -2.31. The van der Waals surface area contributed by atoms with Gasteiger partial charge in [-0.05, 0) is 83.4 Å². The van der Waals surface area contributed by atoms with Gasteiger partial charge in [0.15, 0.2) is 0 Å². The highest BCUT2D eigenvalue weighted by Crippen LogP contribution is 2.48. The molecule has 3 aromatic carbocycles. The van der Waals surface area contributed by atoms with Crippen LogP contribution < -0.4 is 15.4 Å². The fourth-order valence-electron chi connectivity index (χ4n) is 9.60. The monoisotopic (exact) mass is 828 g/mol. The highest BCUT2D eigenvalue weighted by atomic mass is 16.5. The number of ether oxygens (including phenoxy) is 3. The van der Waals surface area contributed by atoms with E-state index in [0.717, 1.165) is 92.8 Å². The van der Waals surface area contributed by atoms with Crippen molar-refractivity contribution in [2.24, 2.45) is 21.8 Å². The van der Waals surface area contributed by atoms with Crippen molar-refractivity contribution in [3.8, 4) is 11.5 Å². The molecule has 2 fully saturated rings. The standard InChI is InChI=1S/C48H56N6O7/c1-26(2)42(51-47(57)59-6)45(55)53-18-8-10-39(53)37-22-32(24-49-37)29-12-16-35-31(20-29)13-15-34-28(5)36-21-30(14-17-41(36)61-44(34)35)33-23-38(50-25-33)40-11-9-19-54(40)46(56)43(27(3)4)52-48(58)60-7/h12-17,20-21,24-28,39-40,42-43H,8-11,18-19,22-23H2,1-7H3,(H,51,57)(H,52,58)/t28?,39-,40-,42-,43-/m0/s1. The second-order valence-corrected chi connectivity index (χ2v) is 17.5. The number of amides is 4. The maximum atomic E-state index is 13.7. The molecule has 5 aliphatic heterocycles. The van der Waals surface area contributed by atoms with Crippen molar-refractivity contribution in [2.75, 3.05) is 27.3 Å². The second-order valence-electron chi connectivity index (χ2n) is 17.5. The number of carbonyl (C=O) groups excluding carboxylic acids is 4. The van der Waals surface area contributed by atoms with Gasteiger partial charge < -0.3 is 34.6 Å². The average Bonchev–Trinajstić information content (AvgIpc) is 4.11. The maximum Gasteiger partial charge on any atom is 0.407 e. The molecule has 13 nitrogen and oxygen atoms in total. The van der Waals surface area contributed by atoms with Gasteiger partial charge in [-0.3, -0.25) is 19.6 Å². The Hall–Kier alpha value is -5.98. The Morgan fingerprint density at radius 2 is 1.23 bits per heavy atom. The van der Waals surface area contributed by atoms with Gasteiger partial charge in [0.2, 0.25) is 11.8 Å². The molecule has 0 radical (unpaired) electrons. The van der Waals surface area contributed by atoms with Crippen LogP contribution in [0.3, 0.4) is 0 Å². The maximum absolute atomic E-state index is 13.7. The Balaban J connectivity index is 0.934. The number of nitrogens with one attached hydrogen (secondary N) is 2. The lowest BCUT2D eigenvalue weighted by Crippen LogP contribution is -2.53. The van der Waals surface area contributed by atoms with Crippen LogP contribution in [0.2, 0.25) is 0 Å². The first-order valence-corrected chi connectivity index (χ1v) is 21.6. The SMILES string of the molecule is COC(=O)N[C@H](C(=O)N1CCC[C@H]1C1=NC=C(c2ccc3c(c2)C(C)c2ccc4cc(C5=CN=C([C@@H]6CCCN6C(=O)[C@@H](NC(=O)OC)C(C)C)C5)ccc4c2O3)C1)C(C)C. The fraction of sp³-hybridized carbons (Fsp3) is 0.458. The summed E-state index contributed by atoms with van der Waals surface area (Å²) in [5.74, 6) is 1.40. The number of allylic oxidation sites excluding steroid dienone is 2. The predicted octanol–water partition coefficient (Wildman–Crippen LogP) is 8.21. The van der Waals surface area contributed by atoms with Crippen molar-refractivity contribution in [1.82, 2.24) is 20.4 Å². The smallest absolute Gasteiger partial charge is 0.407 e. The summed E-state index contributed by atoms with van der Waals surface area (Å²) in [5.41, 5.74) is 8.54. The Bertz CT molecular complexity index is 2400. The third-order valence-electron chi connectivity index (χ3n) is 13.0. The molecule has 0 saturated carbocycles. The van der Waals surface area contributed by atoms with Gasteiger partial charge in [0.1, 0.15) is 23.6 Å². The van der Waals surface area contributed by atoms with Crippen molar-refractivity contribution in [3.05, 3.63) is 83.2 Å². The summed E-state index contributed by atoms with van der Waals surface area (Å²) < 4.78 is 16.3. The molecule has 13 heteroatoms. The number of methoxy groups -OCH3 is 2.